The van der Waals surface area contributed by atoms with Crippen molar-refractivity contribution < 1.29 is 14.6 Å². The molecule has 0 aromatic heterocycles. The van der Waals surface area contributed by atoms with E-state index < -0.39 is 5.60 Å². The summed E-state index contributed by atoms with van der Waals surface area (Å²) in [6.07, 6.45) is -0.244. The third-order valence-corrected chi connectivity index (χ3v) is 2.32. The molecule has 0 aliphatic carbocycles. The molecule has 3 heteroatoms. The minimum atomic E-state index is -0.962. The summed E-state index contributed by atoms with van der Waals surface area (Å²) in [5.74, 6) is 5.69. The summed E-state index contributed by atoms with van der Waals surface area (Å²) in [5.41, 5.74) is 0.904. The smallest absolute Gasteiger partial charge is 0.184 e. The van der Waals surface area contributed by atoms with E-state index in [9.17, 15) is 5.11 Å². The molecule has 17 heavy (non-hydrogen) atoms. The Morgan fingerprint density at radius 1 is 1.18 bits per heavy atom. The van der Waals surface area contributed by atoms with E-state index in [-0.39, 0.29) is 6.29 Å². The molecule has 0 radical (unpaired) electrons. The van der Waals surface area contributed by atoms with Crippen LogP contribution in [-0.2, 0) is 9.47 Å². The summed E-state index contributed by atoms with van der Waals surface area (Å²) in [6, 6.07) is 7.67. The molecule has 1 aromatic rings. The molecule has 0 atom stereocenters. The Morgan fingerprint density at radius 2 is 1.76 bits per heavy atom. The number of hydrogen-bond donors (Lipinski definition) is 1. The van der Waals surface area contributed by atoms with Crippen molar-refractivity contribution >= 4 is 0 Å². The molecule has 1 fully saturated rings. The summed E-state index contributed by atoms with van der Waals surface area (Å²) in [5, 5.41) is 9.49. The topological polar surface area (TPSA) is 38.7 Å². The van der Waals surface area contributed by atoms with E-state index in [2.05, 4.69) is 11.8 Å². The molecule has 1 saturated heterocycles. The highest BCUT2D eigenvalue weighted by Gasteiger charge is 2.17. The van der Waals surface area contributed by atoms with Gasteiger partial charge in [0, 0.05) is 11.1 Å². The Kier molecular flexibility index (Phi) is 3.49. The van der Waals surface area contributed by atoms with Crippen LogP contribution < -0.4 is 0 Å². The summed E-state index contributed by atoms with van der Waals surface area (Å²) in [7, 11) is 0. The summed E-state index contributed by atoms with van der Waals surface area (Å²) >= 11 is 0. The first-order valence-electron chi connectivity index (χ1n) is 5.63. The van der Waals surface area contributed by atoms with Crippen LogP contribution in [0.15, 0.2) is 24.3 Å². The predicted molar refractivity (Wildman–Crippen MR) is 64.3 cm³/mol. The molecule has 1 heterocycles. The van der Waals surface area contributed by atoms with Gasteiger partial charge in [-0.05, 0) is 26.0 Å². The van der Waals surface area contributed by atoms with E-state index in [4.69, 9.17) is 9.47 Å². The van der Waals surface area contributed by atoms with Gasteiger partial charge >= 0.3 is 0 Å². The van der Waals surface area contributed by atoms with Crippen molar-refractivity contribution in [1.82, 2.24) is 0 Å². The fraction of sp³-hybridized carbons (Fsp3) is 0.429. The standard InChI is InChI=1S/C14H16O3/c1-14(2,15)8-7-11-3-5-12(6-4-11)13-16-9-10-17-13/h3-6,13,15H,9-10H2,1-2H3. The van der Waals surface area contributed by atoms with Gasteiger partial charge in [-0.15, -0.1) is 0 Å². The lowest BCUT2D eigenvalue weighted by molar-refractivity contribution is -0.0441. The van der Waals surface area contributed by atoms with Gasteiger partial charge in [-0.1, -0.05) is 24.0 Å². The van der Waals surface area contributed by atoms with E-state index >= 15 is 0 Å². The second-order valence-corrected chi connectivity index (χ2v) is 4.50. The van der Waals surface area contributed by atoms with Crippen molar-refractivity contribution in [3.63, 3.8) is 0 Å². The second-order valence-electron chi connectivity index (χ2n) is 4.50. The summed E-state index contributed by atoms with van der Waals surface area (Å²) in [4.78, 5) is 0. The molecule has 2 rings (SSSR count). The molecule has 0 amide bonds. The first kappa shape index (κ1) is 12.1. The molecule has 0 saturated carbocycles. The van der Waals surface area contributed by atoms with Crippen LogP contribution in [0.25, 0.3) is 0 Å². The maximum absolute atomic E-state index is 9.49. The molecule has 0 spiro atoms. The highest BCUT2D eigenvalue weighted by molar-refractivity contribution is 5.37. The fourth-order valence-electron chi connectivity index (χ4n) is 1.50. The van der Waals surface area contributed by atoms with Crippen molar-refractivity contribution in [3.05, 3.63) is 35.4 Å². The largest absolute Gasteiger partial charge is 0.378 e. The van der Waals surface area contributed by atoms with Gasteiger partial charge in [0.05, 0.1) is 13.2 Å². The second kappa shape index (κ2) is 4.89. The average Bonchev–Trinajstić information content (AvgIpc) is 2.79. The zero-order chi connectivity index (χ0) is 12.3. The van der Waals surface area contributed by atoms with Crippen LogP contribution in [-0.4, -0.2) is 23.9 Å². The van der Waals surface area contributed by atoms with Crippen LogP contribution in [0.4, 0.5) is 0 Å². The van der Waals surface area contributed by atoms with Crippen molar-refractivity contribution in [2.24, 2.45) is 0 Å². The molecular weight excluding hydrogens is 216 g/mol. The normalized spacial score (nSPS) is 16.6. The van der Waals surface area contributed by atoms with Gasteiger partial charge in [0.15, 0.2) is 6.29 Å². The van der Waals surface area contributed by atoms with Crippen LogP contribution in [0.1, 0.15) is 31.3 Å². The third-order valence-electron chi connectivity index (χ3n) is 2.32. The lowest BCUT2D eigenvalue weighted by Gasteiger charge is -2.09. The molecule has 1 aliphatic heterocycles. The van der Waals surface area contributed by atoms with Crippen LogP contribution in [0, 0.1) is 11.8 Å². The Labute approximate surface area is 101 Å². The Hall–Kier alpha value is -1.34. The first-order valence-corrected chi connectivity index (χ1v) is 5.63. The Morgan fingerprint density at radius 3 is 2.29 bits per heavy atom. The number of ether oxygens (including phenoxy) is 2. The molecule has 1 aliphatic rings. The highest BCUT2D eigenvalue weighted by Crippen LogP contribution is 2.23. The van der Waals surface area contributed by atoms with Crippen molar-refractivity contribution in [1.29, 1.82) is 0 Å². The van der Waals surface area contributed by atoms with Crippen LogP contribution in [0.3, 0.4) is 0 Å². The third kappa shape index (κ3) is 3.57. The maximum atomic E-state index is 9.49. The number of rotatable bonds is 1. The van der Waals surface area contributed by atoms with Gasteiger partial charge in [0.1, 0.15) is 5.60 Å². The fourth-order valence-corrected chi connectivity index (χ4v) is 1.50. The SMILES string of the molecule is CC(C)(O)C#Cc1ccc(C2OCCO2)cc1. The molecule has 0 bridgehead atoms. The Balaban J connectivity index is 2.09. The Bertz CT molecular complexity index is 425. The van der Waals surface area contributed by atoms with Crippen molar-refractivity contribution in [3.8, 4) is 11.8 Å². The molecule has 1 N–H and O–H groups in total. The maximum Gasteiger partial charge on any atom is 0.184 e. The molecule has 3 nitrogen and oxygen atoms in total. The van der Waals surface area contributed by atoms with E-state index in [0.717, 1.165) is 11.1 Å². The van der Waals surface area contributed by atoms with E-state index in [0.29, 0.717) is 13.2 Å². The molecule has 90 valence electrons. The quantitative estimate of drug-likeness (QED) is 0.751. The lowest BCUT2D eigenvalue weighted by Crippen LogP contribution is -2.14. The van der Waals surface area contributed by atoms with Crippen molar-refractivity contribution in [2.75, 3.05) is 13.2 Å². The lowest BCUT2D eigenvalue weighted by atomic mass is 10.1. The monoisotopic (exact) mass is 232 g/mol. The zero-order valence-electron chi connectivity index (χ0n) is 10.1. The van der Waals surface area contributed by atoms with Gasteiger partial charge in [0.25, 0.3) is 0 Å². The zero-order valence-corrected chi connectivity index (χ0v) is 10.1. The number of hydrogen-bond acceptors (Lipinski definition) is 3. The van der Waals surface area contributed by atoms with Gasteiger partial charge in [-0.2, -0.15) is 0 Å². The van der Waals surface area contributed by atoms with E-state index in [1.807, 2.05) is 24.3 Å². The van der Waals surface area contributed by atoms with Crippen LogP contribution in [0.5, 0.6) is 0 Å². The minimum absolute atomic E-state index is 0.244. The number of benzene rings is 1. The van der Waals surface area contributed by atoms with Crippen LogP contribution in [0.2, 0.25) is 0 Å². The van der Waals surface area contributed by atoms with E-state index in [1.165, 1.54) is 0 Å². The summed E-state index contributed by atoms with van der Waals surface area (Å²) in [6.45, 7) is 4.61. The van der Waals surface area contributed by atoms with Gasteiger partial charge in [-0.3, -0.25) is 0 Å². The minimum Gasteiger partial charge on any atom is -0.378 e. The highest BCUT2D eigenvalue weighted by atomic mass is 16.7. The summed E-state index contributed by atoms with van der Waals surface area (Å²) < 4.78 is 10.8. The number of aliphatic hydroxyl groups is 1. The van der Waals surface area contributed by atoms with Crippen LogP contribution >= 0.6 is 0 Å². The first-order chi connectivity index (χ1) is 8.04. The molecule has 1 aromatic carbocycles. The molecular formula is C14H16O3. The van der Waals surface area contributed by atoms with Gasteiger partial charge in [0.2, 0.25) is 0 Å². The van der Waals surface area contributed by atoms with Gasteiger partial charge < -0.3 is 14.6 Å². The predicted octanol–water partition coefficient (Wildman–Crippen LogP) is 1.85. The van der Waals surface area contributed by atoms with Crippen molar-refractivity contribution in [2.45, 2.75) is 25.7 Å². The molecule has 0 unspecified atom stereocenters. The van der Waals surface area contributed by atoms with E-state index in [1.54, 1.807) is 13.8 Å². The average molecular weight is 232 g/mol. The van der Waals surface area contributed by atoms with Gasteiger partial charge in [-0.25, -0.2) is 0 Å².